The number of nitrogens with one attached hydrogen (secondary N) is 3. The zero-order chi connectivity index (χ0) is 13.8. The van der Waals surface area contributed by atoms with E-state index in [4.69, 9.17) is 5.41 Å². The Bertz CT molecular complexity index is 501. The molecular weight excluding hydrogens is 313 g/mol. The number of amidine groups is 1. The Kier molecular flexibility index (Phi) is 4.66. The average molecular weight is 328 g/mol. The normalized spacial score (nSPS) is 16.1. The third-order valence-corrected chi connectivity index (χ3v) is 3.75. The van der Waals surface area contributed by atoms with Crippen LogP contribution in [0.5, 0.6) is 0 Å². The van der Waals surface area contributed by atoms with Gasteiger partial charge in [0.25, 0.3) is 0 Å². The van der Waals surface area contributed by atoms with E-state index < -0.39 is 0 Å². The lowest BCUT2D eigenvalue weighted by atomic mass is 9.93. The number of rotatable bonds is 3. The first kappa shape index (κ1) is 14.1. The largest absolute Gasteiger partial charge is 0.338 e. The summed E-state index contributed by atoms with van der Waals surface area (Å²) in [6.45, 7) is 1.62. The molecule has 0 amide bonds. The summed E-state index contributed by atoms with van der Waals surface area (Å²) in [6, 6.07) is 4.30. The Morgan fingerprint density at radius 2 is 2.11 bits per heavy atom. The number of ketones is 1. The summed E-state index contributed by atoms with van der Waals surface area (Å²) >= 11 is 3.07. The van der Waals surface area contributed by atoms with E-state index in [1.165, 1.54) is 18.2 Å². The number of hydrogen-bond acceptors (Lipinski definition) is 3. The predicted octanol–water partition coefficient (Wildman–Crippen LogP) is 2.55. The number of Topliss-reactive ketones (excluding diaryl/α,β-unsaturated/α-hetero) is 1. The van der Waals surface area contributed by atoms with E-state index in [1.807, 2.05) is 0 Å². The molecule has 0 aliphatic carbocycles. The molecule has 0 aromatic heterocycles. The van der Waals surface area contributed by atoms with Gasteiger partial charge in [-0.2, -0.15) is 0 Å². The minimum absolute atomic E-state index is 0.0925. The monoisotopic (exact) mass is 327 g/mol. The van der Waals surface area contributed by atoms with E-state index in [0.717, 1.165) is 25.9 Å². The van der Waals surface area contributed by atoms with Gasteiger partial charge in [0.05, 0.1) is 4.47 Å². The van der Waals surface area contributed by atoms with Crippen molar-refractivity contribution in [3.05, 3.63) is 28.5 Å². The van der Waals surface area contributed by atoms with Crippen LogP contribution < -0.4 is 10.6 Å². The van der Waals surface area contributed by atoms with Crippen LogP contribution in [-0.2, 0) is 4.79 Å². The molecule has 1 heterocycles. The first-order valence-electron chi connectivity index (χ1n) is 6.13. The van der Waals surface area contributed by atoms with E-state index >= 15 is 0 Å². The predicted molar refractivity (Wildman–Crippen MR) is 76.1 cm³/mol. The summed E-state index contributed by atoms with van der Waals surface area (Å²) in [5.41, 5.74) is 0.528. The van der Waals surface area contributed by atoms with Crippen LogP contribution in [0.3, 0.4) is 0 Å². The molecule has 0 bridgehead atoms. The minimum atomic E-state index is -0.373. The lowest BCUT2D eigenvalue weighted by Crippen LogP contribution is -2.36. The van der Waals surface area contributed by atoms with Crippen LogP contribution in [0, 0.1) is 17.1 Å². The van der Waals surface area contributed by atoms with E-state index in [-0.39, 0.29) is 23.4 Å². The molecule has 1 aromatic carbocycles. The molecule has 1 fully saturated rings. The molecule has 19 heavy (non-hydrogen) atoms. The number of piperidine rings is 1. The summed E-state index contributed by atoms with van der Waals surface area (Å²) in [4.78, 5) is 12.1. The fraction of sp³-hybridized carbons (Fsp3) is 0.385. The highest BCUT2D eigenvalue weighted by Crippen LogP contribution is 2.20. The van der Waals surface area contributed by atoms with Crippen LogP contribution in [0.1, 0.15) is 12.8 Å². The summed E-state index contributed by atoms with van der Waals surface area (Å²) in [6.07, 6.45) is 1.52. The molecule has 4 nitrogen and oxygen atoms in total. The number of hydrogen-bond donors (Lipinski definition) is 3. The molecule has 0 atom stereocenters. The van der Waals surface area contributed by atoms with Gasteiger partial charge >= 0.3 is 0 Å². The standard InChI is InChI=1S/C13H15BrFN3O/c14-10-7-9(1-2-11(10)15)18-13(16)12(19)8-3-5-17-6-4-8/h1-2,7-8,17H,3-6H2,(H2,16,18). The zero-order valence-electron chi connectivity index (χ0n) is 10.3. The van der Waals surface area contributed by atoms with Crippen molar-refractivity contribution in [2.75, 3.05) is 18.4 Å². The molecule has 6 heteroatoms. The number of anilines is 1. The van der Waals surface area contributed by atoms with E-state index in [9.17, 15) is 9.18 Å². The van der Waals surface area contributed by atoms with Crippen molar-refractivity contribution in [3.8, 4) is 0 Å². The lowest BCUT2D eigenvalue weighted by Gasteiger charge is -2.21. The van der Waals surface area contributed by atoms with Gasteiger partial charge in [-0.1, -0.05) is 0 Å². The highest BCUT2D eigenvalue weighted by molar-refractivity contribution is 9.10. The van der Waals surface area contributed by atoms with Crippen LogP contribution >= 0.6 is 15.9 Å². The Balaban J connectivity index is 1.99. The number of benzene rings is 1. The second-order valence-electron chi connectivity index (χ2n) is 4.52. The van der Waals surface area contributed by atoms with Crippen molar-refractivity contribution in [1.82, 2.24) is 5.32 Å². The van der Waals surface area contributed by atoms with Gasteiger partial charge in [0.2, 0.25) is 5.78 Å². The van der Waals surface area contributed by atoms with E-state index in [0.29, 0.717) is 10.2 Å². The van der Waals surface area contributed by atoms with Crippen LogP contribution in [-0.4, -0.2) is 24.7 Å². The molecule has 0 spiro atoms. The summed E-state index contributed by atoms with van der Waals surface area (Å²) in [5, 5.41) is 13.7. The van der Waals surface area contributed by atoms with Crippen molar-refractivity contribution in [2.45, 2.75) is 12.8 Å². The quantitative estimate of drug-likeness (QED) is 0.590. The minimum Gasteiger partial charge on any atom is -0.338 e. The second-order valence-corrected chi connectivity index (χ2v) is 5.37. The van der Waals surface area contributed by atoms with Gasteiger partial charge < -0.3 is 10.6 Å². The molecule has 0 saturated carbocycles. The maximum Gasteiger partial charge on any atom is 0.200 e. The van der Waals surface area contributed by atoms with Gasteiger partial charge in [-0.15, -0.1) is 0 Å². The first-order valence-corrected chi connectivity index (χ1v) is 6.93. The van der Waals surface area contributed by atoms with Crippen molar-refractivity contribution in [1.29, 1.82) is 5.41 Å². The van der Waals surface area contributed by atoms with E-state index in [1.54, 1.807) is 0 Å². The fourth-order valence-corrected chi connectivity index (χ4v) is 2.45. The SMILES string of the molecule is N=C(Nc1ccc(F)c(Br)c1)C(=O)C1CCNCC1. The van der Waals surface area contributed by atoms with Crippen molar-refractivity contribution >= 4 is 33.2 Å². The van der Waals surface area contributed by atoms with Crippen molar-refractivity contribution in [3.63, 3.8) is 0 Å². The van der Waals surface area contributed by atoms with Gasteiger partial charge in [0.1, 0.15) is 5.82 Å². The number of carbonyl (C=O) groups is 1. The number of halogens is 2. The topological polar surface area (TPSA) is 65.0 Å². The molecule has 1 aromatic rings. The molecular formula is C13H15BrFN3O. The van der Waals surface area contributed by atoms with Gasteiger partial charge in [0.15, 0.2) is 5.84 Å². The Morgan fingerprint density at radius 3 is 2.74 bits per heavy atom. The third kappa shape index (κ3) is 3.61. The highest BCUT2D eigenvalue weighted by atomic mass is 79.9. The summed E-state index contributed by atoms with van der Waals surface area (Å²) in [7, 11) is 0. The third-order valence-electron chi connectivity index (χ3n) is 3.15. The highest BCUT2D eigenvalue weighted by Gasteiger charge is 2.24. The summed E-state index contributed by atoms with van der Waals surface area (Å²) < 4.78 is 13.4. The lowest BCUT2D eigenvalue weighted by molar-refractivity contribution is -0.117. The molecule has 0 unspecified atom stereocenters. The van der Waals surface area contributed by atoms with Crippen LogP contribution in [0.2, 0.25) is 0 Å². The first-order chi connectivity index (χ1) is 9.08. The Labute approximate surface area is 119 Å². The average Bonchev–Trinajstić information content (AvgIpc) is 2.43. The van der Waals surface area contributed by atoms with Crippen LogP contribution in [0.25, 0.3) is 0 Å². The Hall–Kier alpha value is -1.27. The summed E-state index contributed by atoms with van der Waals surface area (Å²) in [5.74, 6) is -0.778. The smallest absolute Gasteiger partial charge is 0.200 e. The Morgan fingerprint density at radius 1 is 1.42 bits per heavy atom. The molecule has 102 valence electrons. The van der Waals surface area contributed by atoms with Gasteiger partial charge in [-0.05, 0) is 60.1 Å². The molecule has 2 rings (SSSR count). The number of carbonyl (C=O) groups excluding carboxylic acids is 1. The second kappa shape index (κ2) is 6.25. The molecule has 1 saturated heterocycles. The van der Waals surface area contributed by atoms with Gasteiger partial charge in [-0.3, -0.25) is 10.2 Å². The van der Waals surface area contributed by atoms with Crippen LogP contribution in [0.15, 0.2) is 22.7 Å². The van der Waals surface area contributed by atoms with Crippen molar-refractivity contribution < 1.29 is 9.18 Å². The maximum absolute atomic E-state index is 13.1. The van der Waals surface area contributed by atoms with Crippen LogP contribution in [0.4, 0.5) is 10.1 Å². The van der Waals surface area contributed by atoms with Gasteiger partial charge in [0, 0.05) is 11.6 Å². The molecule has 3 N–H and O–H groups in total. The molecule has 1 aliphatic heterocycles. The van der Waals surface area contributed by atoms with E-state index in [2.05, 4.69) is 26.6 Å². The van der Waals surface area contributed by atoms with Gasteiger partial charge in [-0.25, -0.2) is 4.39 Å². The maximum atomic E-state index is 13.1. The molecule has 1 aliphatic rings. The molecule has 0 radical (unpaired) electrons. The van der Waals surface area contributed by atoms with Crippen molar-refractivity contribution in [2.24, 2.45) is 5.92 Å². The fourth-order valence-electron chi connectivity index (χ4n) is 2.07. The zero-order valence-corrected chi connectivity index (χ0v) is 11.9.